The fraction of sp³-hybridized carbons (Fsp3) is 0.267. The molecule has 3 heterocycles. The molecule has 3 N–H and O–H groups in total. The van der Waals surface area contributed by atoms with Crippen LogP contribution in [0.15, 0.2) is 28.9 Å². The fourth-order valence-electron chi connectivity index (χ4n) is 2.42. The Labute approximate surface area is 147 Å². The van der Waals surface area contributed by atoms with Crippen LogP contribution < -0.4 is 16.0 Å². The van der Waals surface area contributed by atoms with Crippen LogP contribution in [0.3, 0.4) is 0 Å². The number of pyridine rings is 2. The van der Waals surface area contributed by atoms with Gasteiger partial charge in [0, 0.05) is 36.8 Å². The van der Waals surface area contributed by atoms with Crippen molar-refractivity contribution in [3.8, 4) is 0 Å². The summed E-state index contributed by atoms with van der Waals surface area (Å²) in [7, 11) is 0. The minimum absolute atomic E-state index is 0.156. The third-order valence-electron chi connectivity index (χ3n) is 3.62. The number of ketones is 1. The number of nitrogens with zero attached hydrogens (tertiary/aromatic N) is 3. The smallest absolute Gasteiger partial charge is 0.216 e. The Hall–Kier alpha value is -1.70. The Morgan fingerprint density at radius 2 is 2.09 bits per heavy atom. The molecule has 2 aromatic heterocycles. The molecule has 0 radical (unpaired) electrons. The first-order valence-electron chi connectivity index (χ1n) is 7.14. The standard InChI is InChI=1S/C15H15BrClN5O/c16-9-7-10(15(18)20-8-9)14(23)13-11(17)1-2-12(21-13)22-5-3-19-4-6-22/h1-2,7-8,19H,3-6H2,(H2,18,20). The zero-order valence-electron chi connectivity index (χ0n) is 12.2. The second kappa shape index (κ2) is 6.82. The van der Waals surface area contributed by atoms with Gasteiger partial charge in [-0.05, 0) is 34.1 Å². The van der Waals surface area contributed by atoms with Gasteiger partial charge in [-0.2, -0.15) is 0 Å². The highest BCUT2D eigenvalue weighted by atomic mass is 79.9. The molecule has 0 bridgehead atoms. The zero-order chi connectivity index (χ0) is 16.4. The molecule has 0 spiro atoms. The molecule has 1 aliphatic rings. The first kappa shape index (κ1) is 16.2. The first-order valence-corrected chi connectivity index (χ1v) is 8.31. The van der Waals surface area contributed by atoms with Crippen molar-refractivity contribution in [2.45, 2.75) is 0 Å². The monoisotopic (exact) mass is 395 g/mol. The van der Waals surface area contributed by atoms with Crippen molar-refractivity contribution in [1.82, 2.24) is 15.3 Å². The summed E-state index contributed by atoms with van der Waals surface area (Å²) in [4.78, 5) is 23.3. The van der Waals surface area contributed by atoms with Crippen molar-refractivity contribution in [3.05, 3.63) is 45.1 Å². The van der Waals surface area contributed by atoms with Crippen LogP contribution in [0, 0.1) is 0 Å². The maximum Gasteiger partial charge on any atom is 0.216 e. The number of aromatic nitrogens is 2. The average Bonchev–Trinajstić information content (AvgIpc) is 2.58. The van der Waals surface area contributed by atoms with Crippen molar-refractivity contribution < 1.29 is 4.79 Å². The molecule has 0 atom stereocenters. The van der Waals surface area contributed by atoms with E-state index in [1.165, 1.54) is 6.20 Å². The van der Waals surface area contributed by atoms with Crippen LogP contribution in [0.25, 0.3) is 0 Å². The van der Waals surface area contributed by atoms with Gasteiger partial charge in [0.15, 0.2) is 0 Å². The maximum atomic E-state index is 12.8. The molecular formula is C15H15BrClN5O. The van der Waals surface area contributed by atoms with E-state index in [1.807, 2.05) is 6.07 Å². The van der Waals surface area contributed by atoms with Crippen molar-refractivity contribution in [3.63, 3.8) is 0 Å². The van der Waals surface area contributed by atoms with E-state index in [1.54, 1.807) is 12.1 Å². The lowest BCUT2D eigenvalue weighted by atomic mass is 10.1. The summed E-state index contributed by atoms with van der Waals surface area (Å²) in [5.74, 6) is 0.558. The third-order valence-corrected chi connectivity index (χ3v) is 4.36. The van der Waals surface area contributed by atoms with Crippen LogP contribution in [0.4, 0.5) is 11.6 Å². The van der Waals surface area contributed by atoms with E-state index >= 15 is 0 Å². The Kier molecular flexibility index (Phi) is 4.79. The Morgan fingerprint density at radius 1 is 1.35 bits per heavy atom. The highest BCUT2D eigenvalue weighted by Crippen LogP contribution is 2.25. The normalized spacial score (nSPS) is 14.8. The fourth-order valence-corrected chi connectivity index (χ4v) is 2.94. The van der Waals surface area contributed by atoms with Gasteiger partial charge in [0.1, 0.15) is 17.3 Å². The van der Waals surface area contributed by atoms with Crippen molar-refractivity contribution >= 4 is 44.9 Å². The number of piperazine rings is 1. The number of carbonyl (C=O) groups excluding carboxylic acids is 1. The second-order valence-electron chi connectivity index (χ2n) is 5.15. The predicted molar refractivity (Wildman–Crippen MR) is 94.1 cm³/mol. The summed E-state index contributed by atoms with van der Waals surface area (Å²) < 4.78 is 0.671. The van der Waals surface area contributed by atoms with Gasteiger partial charge >= 0.3 is 0 Å². The van der Waals surface area contributed by atoms with Crippen LogP contribution in [-0.2, 0) is 0 Å². The molecule has 1 aliphatic heterocycles. The predicted octanol–water partition coefficient (Wildman–Crippen LogP) is 2.12. The van der Waals surface area contributed by atoms with E-state index < -0.39 is 0 Å². The van der Waals surface area contributed by atoms with Crippen molar-refractivity contribution in [2.24, 2.45) is 0 Å². The molecule has 23 heavy (non-hydrogen) atoms. The van der Waals surface area contributed by atoms with Gasteiger partial charge in [-0.1, -0.05) is 11.6 Å². The number of hydrogen-bond acceptors (Lipinski definition) is 6. The molecule has 0 saturated carbocycles. The molecule has 120 valence electrons. The SMILES string of the molecule is Nc1ncc(Br)cc1C(=O)c1nc(N2CCNCC2)ccc1Cl. The van der Waals surface area contributed by atoms with Gasteiger partial charge in [-0.25, -0.2) is 9.97 Å². The van der Waals surface area contributed by atoms with E-state index in [2.05, 4.69) is 36.1 Å². The minimum Gasteiger partial charge on any atom is -0.383 e. The summed E-state index contributed by atoms with van der Waals surface area (Å²) in [6, 6.07) is 5.15. The zero-order valence-corrected chi connectivity index (χ0v) is 14.6. The van der Waals surface area contributed by atoms with Gasteiger partial charge in [0.05, 0.1) is 10.6 Å². The Balaban J connectivity index is 1.98. The molecule has 3 rings (SSSR count). The Morgan fingerprint density at radius 3 is 2.83 bits per heavy atom. The molecule has 0 aliphatic carbocycles. The summed E-state index contributed by atoms with van der Waals surface area (Å²) in [6.07, 6.45) is 1.54. The number of rotatable bonds is 3. The number of nitrogens with one attached hydrogen (secondary N) is 1. The molecule has 1 fully saturated rings. The van der Waals surface area contributed by atoms with Crippen molar-refractivity contribution in [1.29, 1.82) is 0 Å². The van der Waals surface area contributed by atoms with E-state index in [0.29, 0.717) is 9.50 Å². The number of anilines is 2. The highest BCUT2D eigenvalue weighted by Gasteiger charge is 2.21. The quantitative estimate of drug-likeness (QED) is 0.773. The van der Waals surface area contributed by atoms with Crippen LogP contribution >= 0.6 is 27.5 Å². The topological polar surface area (TPSA) is 84.1 Å². The summed E-state index contributed by atoms with van der Waals surface area (Å²) >= 11 is 9.48. The van der Waals surface area contributed by atoms with Crippen LogP contribution in [-0.4, -0.2) is 41.9 Å². The highest BCUT2D eigenvalue weighted by molar-refractivity contribution is 9.10. The van der Waals surface area contributed by atoms with Gasteiger partial charge in [-0.3, -0.25) is 4.79 Å². The number of carbonyl (C=O) groups is 1. The minimum atomic E-state index is -0.335. The summed E-state index contributed by atoms with van der Waals surface area (Å²) in [5.41, 5.74) is 6.29. The van der Waals surface area contributed by atoms with E-state index in [9.17, 15) is 4.79 Å². The molecule has 0 aromatic carbocycles. The van der Waals surface area contributed by atoms with Crippen molar-refractivity contribution in [2.75, 3.05) is 36.8 Å². The maximum absolute atomic E-state index is 12.8. The molecule has 0 unspecified atom stereocenters. The molecule has 6 nitrogen and oxygen atoms in total. The van der Waals surface area contributed by atoms with Crippen LogP contribution in [0.2, 0.25) is 5.02 Å². The largest absolute Gasteiger partial charge is 0.383 e. The summed E-state index contributed by atoms with van der Waals surface area (Å²) in [6.45, 7) is 3.44. The number of nitrogens with two attached hydrogens (primary N) is 1. The average molecular weight is 397 g/mol. The molecular weight excluding hydrogens is 382 g/mol. The molecule has 1 saturated heterocycles. The molecule has 0 amide bonds. The summed E-state index contributed by atoms with van der Waals surface area (Å²) in [5, 5.41) is 3.58. The lowest BCUT2D eigenvalue weighted by Gasteiger charge is -2.28. The van der Waals surface area contributed by atoms with E-state index in [0.717, 1.165) is 32.0 Å². The van der Waals surface area contributed by atoms with Gasteiger partial charge in [0.2, 0.25) is 5.78 Å². The molecule has 8 heteroatoms. The van der Waals surface area contributed by atoms with Gasteiger partial charge in [0.25, 0.3) is 0 Å². The van der Waals surface area contributed by atoms with Crippen LogP contribution in [0.5, 0.6) is 0 Å². The Bertz CT molecular complexity index is 749. The number of halogens is 2. The second-order valence-corrected chi connectivity index (χ2v) is 6.48. The molecule has 2 aromatic rings. The third kappa shape index (κ3) is 3.46. The van der Waals surface area contributed by atoms with E-state index in [4.69, 9.17) is 17.3 Å². The van der Waals surface area contributed by atoms with Gasteiger partial charge < -0.3 is 16.0 Å². The number of nitrogen functional groups attached to an aromatic ring is 1. The van der Waals surface area contributed by atoms with Gasteiger partial charge in [-0.15, -0.1) is 0 Å². The first-order chi connectivity index (χ1) is 11.1. The number of hydrogen-bond donors (Lipinski definition) is 2. The van der Waals surface area contributed by atoms with E-state index in [-0.39, 0.29) is 22.9 Å². The lowest BCUT2D eigenvalue weighted by molar-refractivity contribution is 0.103. The lowest BCUT2D eigenvalue weighted by Crippen LogP contribution is -2.44. The van der Waals surface area contributed by atoms with Crippen LogP contribution in [0.1, 0.15) is 16.1 Å².